The third-order valence-electron chi connectivity index (χ3n) is 5.20. The maximum absolute atomic E-state index is 4.73. The molecule has 0 bridgehead atoms. The van der Waals surface area contributed by atoms with E-state index >= 15 is 0 Å². The average Bonchev–Trinajstić information content (AvgIpc) is 3.15. The number of hydrogen-bond donors (Lipinski definition) is 2. The van der Waals surface area contributed by atoms with Gasteiger partial charge in [0.05, 0.1) is 12.2 Å². The molecule has 0 saturated heterocycles. The summed E-state index contributed by atoms with van der Waals surface area (Å²) < 4.78 is 1.93. The average molecular weight is 461 g/mol. The number of guanidine groups is 1. The van der Waals surface area contributed by atoms with Crippen LogP contribution in [0, 0.1) is 19.8 Å². The number of aromatic nitrogens is 2. The van der Waals surface area contributed by atoms with Crippen molar-refractivity contribution in [2.45, 2.75) is 72.3 Å². The van der Waals surface area contributed by atoms with Gasteiger partial charge in [-0.2, -0.15) is 5.10 Å². The number of hydrogen-bond acceptors (Lipinski definition) is 2. The lowest BCUT2D eigenvalue weighted by Gasteiger charge is -2.12. The number of unbranched alkanes of at least 4 members (excludes halogenated alkanes) is 1. The van der Waals surface area contributed by atoms with E-state index in [0.29, 0.717) is 6.54 Å². The second-order valence-electron chi connectivity index (χ2n) is 7.04. The van der Waals surface area contributed by atoms with Gasteiger partial charge in [-0.3, -0.25) is 4.68 Å². The Balaban J connectivity index is 0.00000312. The molecule has 1 heterocycles. The Morgan fingerprint density at radius 2 is 1.92 bits per heavy atom. The molecule has 1 aliphatic rings. The van der Waals surface area contributed by atoms with Gasteiger partial charge < -0.3 is 10.6 Å². The molecule has 144 valence electrons. The van der Waals surface area contributed by atoms with Gasteiger partial charge in [-0.15, -0.1) is 24.0 Å². The van der Waals surface area contributed by atoms with Crippen molar-refractivity contribution < 1.29 is 0 Å². The highest BCUT2D eigenvalue weighted by Crippen LogP contribution is 2.28. The molecule has 1 aliphatic carbocycles. The van der Waals surface area contributed by atoms with Crippen molar-refractivity contribution >= 4 is 29.9 Å². The van der Waals surface area contributed by atoms with E-state index in [4.69, 9.17) is 4.99 Å². The normalized spacial score (nSPS) is 15.3. The van der Waals surface area contributed by atoms with Crippen molar-refractivity contribution in [3.8, 4) is 0 Å². The van der Waals surface area contributed by atoms with Gasteiger partial charge in [0.25, 0.3) is 0 Å². The molecule has 0 amide bonds. The van der Waals surface area contributed by atoms with Crippen molar-refractivity contribution in [1.82, 2.24) is 20.4 Å². The van der Waals surface area contributed by atoms with Crippen LogP contribution in [0.3, 0.4) is 0 Å². The minimum Gasteiger partial charge on any atom is -0.357 e. The summed E-state index contributed by atoms with van der Waals surface area (Å²) in [6, 6.07) is 0. The monoisotopic (exact) mass is 461 g/mol. The topological polar surface area (TPSA) is 54.2 Å². The molecule has 5 nitrogen and oxygen atoms in total. The van der Waals surface area contributed by atoms with Gasteiger partial charge in [0.1, 0.15) is 0 Å². The largest absolute Gasteiger partial charge is 0.357 e. The first-order chi connectivity index (χ1) is 11.6. The third kappa shape index (κ3) is 7.15. The molecule has 0 unspecified atom stereocenters. The van der Waals surface area contributed by atoms with Crippen LogP contribution in [0.25, 0.3) is 0 Å². The lowest BCUT2D eigenvalue weighted by Crippen LogP contribution is -2.37. The van der Waals surface area contributed by atoms with E-state index in [9.17, 15) is 0 Å². The SMILES string of the molecule is CCNC(=NCc1c(C)nn(C)c1C)NCCCCC1CCCC1.I. The summed E-state index contributed by atoms with van der Waals surface area (Å²) in [4.78, 5) is 4.73. The van der Waals surface area contributed by atoms with Crippen LogP contribution in [0.2, 0.25) is 0 Å². The minimum atomic E-state index is 0. The van der Waals surface area contributed by atoms with E-state index in [1.54, 1.807) is 0 Å². The molecule has 25 heavy (non-hydrogen) atoms. The highest BCUT2D eigenvalue weighted by atomic mass is 127. The zero-order valence-corrected chi connectivity index (χ0v) is 18.7. The Bertz CT molecular complexity index is 532. The summed E-state index contributed by atoms with van der Waals surface area (Å²) in [6.07, 6.45) is 9.79. The number of halogens is 1. The Kier molecular flexibility index (Phi) is 10.5. The molecule has 0 aromatic carbocycles. The highest BCUT2D eigenvalue weighted by Gasteiger charge is 2.14. The Labute approximate surface area is 170 Å². The summed E-state index contributed by atoms with van der Waals surface area (Å²) in [5, 5.41) is 11.3. The standard InChI is InChI=1S/C19H35N5.HI/c1-5-20-19(21-13-9-8-12-17-10-6-7-11-17)22-14-18-15(2)23-24(4)16(18)3;/h17H,5-14H2,1-4H3,(H2,20,21,22);1H. The zero-order valence-electron chi connectivity index (χ0n) is 16.4. The first-order valence-corrected chi connectivity index (χ1v) is 9.63. The zero-order chi connectivity index (χ0) is 17.4. The number of rotatable bonds is 8. The van der Waals surface area contributed by atoms with E-state index in [1.807, 2.05) is 11.7 Å². The van der Waals surface area contributed by atoms with Crippen LogP contribution in [-0.2, 0) is 13.6 Å². The number of aryl methyl sites for hydroxylation is 2. The van der Waals surface area contributed by atoms with Crippen LogP contribution in [0.15, 0.2) is 4.99 Å². The number of nitrogens with zero attached hydrogens (tertiary/aromatic N) is 3. The van der Waals surface area contributed by atoms with Gasteiger partial charge in [0.15, 0.2) is 5.96 Å². The van der Waals surface area contributed by atoms with Crippen molar-refractivity contribution in [2.75, 3.05) is 13.1 Å². The lowest BCUT2D eigenvalue weighted by atomic mass is 10.0. The molecule has 1 saturated carbocycles. The molecule has 1 aromatic rings. The Morgan fingerprint density at radius 1 is 1.20 bits per heavy atom. The molecule has 0 atom stereocenters. The van der Waals surface area contributed by atoms with Gasteiger partial charge in [-0.05, 0) is 33.1 Å². The molecule has 0 radical (unpaired) electrons. The second kappa shape index (κ2) is 11.8. The van der Waals surface area contributed by atoms with E-state index in [-0.39, 0.29) is 24.0 Å². The Morgan fingerprint density at radius 3 is 2.52 bits per heavy atom. The second-order valence-corrected chi connectivity index (χ2v) is 7.04. The molecule has 6 heteroatoms. The predicted molar refractivity (Wildman–Crippen MR) is 117 cm³/mol. The van der Waals surface area contributed by atoms with Crippen LogP contribution in [-0.4, -0.2) is 28.8 Å². The van der Waals surface area contributed by atoms with E-state index < -0.39 is 0 Å². The van der Waals surface area contributed by atoms with Crippen LogP contribution in [0.1, 0.15) is 68.8 Å². The summed E-state index contributed by atoms with van der Waals surface area (Å²) >= 11 is 0. The van der Waals surface area contributed by atoms with Crippen LogP contribution in [0.4, 0.5) is 0 Å². The third-order valence-corrected chi connectivity index (χ3v) is 5.20. The van der Waals surface area contributed by atoms with Gasteiger partial charge in [0.2, 0.25) is 0 Å². The van der Waals surface area contributed by atoms with Gasteiger partial charge in [-0.1, -0.05) is 38.5 Å². The fraction of sp³-hybridized carbons (Fsp3) is 0.789. The van der Waals surface area contributed by atoms with Crippen molar-refractivity contribution in [3.05, 3.63) is 17.0 Å². The summed E-state index contributed by atoms with van der Waals surface area (Å²) in [5.74, 6) is 1.92. The number of aliphatic imine (C=N–C) groups is 1. The maximum Gasteiger partial charge on any atom is 0.191 e. The van der Waals surface area contributed by atoms with Gasteiger partial charge in [0, 0.05) is 31.4 Å². The van der Waals surface area contributed by atoms with Crippen molar-refractivity contribution in [1.29, 1.82) is 0 Å². The molecular weight excluding hydrogens is 425 g/mol. The highest BCUT2D eigenvalue weighted by molar-refractivity contribution is 14.0. The Hall–Kier alpha value is -0.790. The molecule has 2 N–H and O–H groups in total. The molecule has 2 rings (SSSR count). The van der Waals surface area contributed by atoms with Crippen molar-refractivity contribution in [3.63, 3.8) is 0 Å². The van der Waals surface area contributed by atoms with Crippen LogP contribution in [0.5, 0.6) is 0 Å². The van der Waals surface area contributed by atoms with E-state index in [1.165, 1.54) is 56.2 Å². The van der Waals surface area contributed by atoms with E-state index in [0.717, 1.165) is 30.7 Å². The smallest absolute Gasteiger partial charge is 0.191 e. The number of nitrogens with one attached hydrogen (secondary N) is 2. The van der Waals surface area contributed by atoms with E-state index in [2.05, 4.69) is 36.5 Å². The summed E-state index contributed by atoms with van der Waals surface area (Å²) in [5.41, 5.74) is 3.51. The van der Waals surface area contributed by atoms with Crippen LogP contribution >= 0.6 is 24.0 Å². The quantitative estimate of drug-likeness (QED) is 0.266. The molecule has 0 spiro atoms. The lowest BCUT2D eigenvalue weighted by molar-refractivity contribution is 0.472. The molecule has 0 aliphatic heterocycles. The van der Waals surface area contributed by atoms with Gasteiger partial charge in [-0.25, -0.2) is 4.99 Å². The fourth-order valence-electron chi connectivity index (χ4n) is 3.61. The summed E-state index contributed by atoms with van der Waals surface area (Å²) in [6.45, 7) is 8.85. The van der Waals surface area contributed by atoms with Gasteiger partial charge >= 0.3 is 0 Å². The van der Waals surface area contributed by atoms with Crippen LogP contribution < -0.4 is 10.6 Å². The first kappa shape index (κ1) is 22.3. The molecular formula is C19H36IN5. The first-order valence-electron chi connectivity index (χ1n) is 9.63. The summed E-state index contributed by atoms with van der Waals surface area (Å²) in [7, 11) is 1.99. The molecule has 1 aromatic heterocycles. The minimum absolute atomic E-state index is 0. The molecule has 1 fully saturated rings. The van der Waals surface area contributed by atoms with Crippen molar-refractivity contribution in [2.24, 2.45) is 18.0 Å². The maximum atomic E-state index is 4.73. The predicted octanol–water partition coefficient (Wildman–Crippen LogP) is 4.07. The fourth-order valence-corrected chi connectivity index (χ4v) is 3.61.